The Balaban J connectivity index is 0.803. The number of carbonyl (C=O) groups excluding carboxylic acids is 2. The lowest BCUT2D eigenvalue weighted by atomic mass is 9.81. The summed E-state index contributed by atoms with van der Waals surface area (Å²) in [5.41, 5.74) is 14.7. The third-order valence-corrected chi connectivity index (χ3v) is 18.2. The molecule has 1 fully saturated rings. The number of nitrogens with one attached hydrogen (secondary N) is 1. The van der Waals surface area contributed by atoms with Gasteiger partial charge in [-0.2, -0.15) is 13.6 Å². The van der Waals surface area contributed by atoms with Gasteiger partial charge in [0.25, 0.3) is 5.91 Å². The SMILES string of the molecule is CN(CCCC(=O)NCC#Cc1cn([C@@H]2O[C@H](COP(=O)(O)OP(=O)(O)OP(=O)(O)O)[C@@H](O)[C@H]2O)c(=O)nc1N)C(=O)c1ccccc1C1=c2cc3c4c(c2Oc2c1cc1c5c2CCCN5CCC1)CCC[N+]=4CCC3. The number of aromatic nitrogens is 2. The van der Waals surface area contributed by atoms with Crippen LogP contribution in [0.5, 0.6) is 11.5 Å². The van der Waals surface area contributed by atoms with Gasteiger partial charge in [0.1, 0.15) is 48.7 Å². The standard InChI is InChI=1S/C49H56N7O17P3/c1-53(19-9-17-38(57)51-18-4-10-30-26-56(49(61)52-46(30)50)48-43(59)42(58)37(70-48)27-69-75(65,66)73-76(67,68)72-74(62,63)64)47(60)32-14-3-2-13-31(32)39-35-24-28-11-5-20-54-22-7-15-33(40(28)54)44(35)71-45-34-16-8-23-55-21-6-12-29(41(34)55)25-36(39)45/h2-3,13-14,24-26,37,42-43,48,58-59H,5-9,11-12,15-23,27H2,1H3,(H6-,50,51,52,57,61,62,63,64,65,66,67,68)/p+1/t37-,42-,43-,48-/m1/s1. The number of aryl methyl sites for hydroxylation is 2. The van der Waals surface area contributed by atoms with Gasteiger partial charge in [0, 0.05) is 90.9 Å². The molecular formula is C49H57N7O17P3+. The first-order valence-electron chi connectivity index (χ1n) is 24.9. The second kappa shape index (κ2) is 21.3. The van der Waals surface area contributed by atoms with Gasteiger partial charge in [-0.05, 0) is 74.3 Å². The number of fused-ring (bicyclic) bond motifs is 4. The Labute approximate surface area is 434 Å². The first-order chi connectivity index (χ1) is 36.2. The first-order valence-corrected chi connectivity index (χ1v) is 29.4. The number of amides is 2. The van der Waals surface area contributed by atoms with Gasteiger partial charge in [0.05, 0.1) is 24.3 Å². The molecule has 10 rings (SSSR count). The van der Waals surface area contributed by atoms with Gasteiger partial charge in [-0.25, -0.2) is 23.1 Å². The zero-order valence-corrected chi connectivity index (χ0v) is 43.9. The van der Waals surface area contributed by atoms with Crippen molar-refractivity contribution in [2.24, 2.45) is 0 Å². The van der Waals surface area contributed by atoms with Crippen molar-refractivity contribution in [1.29, 1.82) is 0 Å². The van der Waals surface area contributed by atoms with Gasteiger partial charge in [-0.1, -0.05) is 30.0 Å². The molecule has 3 aromatic carbocycles. The quantitative estimate of drug-likeness (QED) is 0.0415. The smallest absolute Gasteiger partial charge is 0.455 e. The number of aliphatic hydroxyl groups is 2. The molecule has 1 saturated heterocycles. The van der Waals surface area contributed by atoms with E-state index in [1.807, 2.05) is 24.3 Å². The van der Waals surface area contributed by atoms with Crippen LogP contribution in [0.15, 0.2) is 47.4 Å². The molecule has 0 bridgehead atoms. The topological polar surface area (TPSA) is 335 Å². The molecular weight excluding hydrogens is 1050 g/mol. The highest BCUT2D eigenvalue weighted by atomic mass is 31.3. The number of aliphatic hydroxyl groups excluding tert-OH is 2. The van der Waals surface area contributed by atoms with Crippen LogP contribution in [0.4, 0.5) is 11.5 Å². The number of benzene rings is 3. The molecule has 0 saturated carbocycles. The monoisotopic (exact) mass is 1110 g/mol. The van der Waals surface area contributed by atoms with Crippen molar-refractivity contribution in [2.75, 3.05) is 63.6 Å². The van der Waals surface area contributed by atoms with E-state index in [0.717, 1.165) is 122 Å². The predicted octanol–water partition coefficient (Wildman–Crippen LogP) is 1.24. The minimum absolute atomic E-state index is 0.0524. The molecule has 6 aliphatic rings. The van der Waals surface area contributed by atoms with Gasteiger partial charge >= 0.3 is 29.2 Å². The van der Waals surface area contributed by atoms with E-state index in [1.165, 1.54) is 33.3 Å². The number of hydrogen-bond donors (Lipinski definition) is 8. The number of nitrogens with two attached hydrogens (primary N) is 1. The van der Waals surface area contributed by atoms with Crippen molar-refractivity contribution in [2.45, 2.75) is 88.7 Å². The molecule has 2 unspecified atom stereocenters. The molecule has 9 N–H and O–H groups in total. The summed E-state index contributed by atoms with van der Waals surface area (Å²) in [4.78, 5) is 84.9. The lowest BCUT2D eigenvalue weighted by Crippen LogP contribution is -2.45. The summed E-state index contributed by atoms with van der Waals surface area (Å²) < 4.78 is 62.5. The van der Waals surface area contributed by atoms with Crippen LogP contribution in [0.1, 0.15) is 94.1 Å². The summed E-state index contributed by atoms with van der Waals surface area (Å²) in [6.45, 7) is 3.11. The lowest BCUT2D eigenvalue weighted by molar-refractivity contribution is -0.121. The van der Waals surface area contributed by atoms with E-state index in [4.69, 9.17) is 25.0 Å². The Hall–Kier alpha value is -5.60. The fourth-order valence-corrected chi connectivity index (χ4v) is 14.2. The number of ether oxygens (including phenoxy) is 2. The van der Waals surface area contributed by atoms with Crippen molar-refractivity contribution in [1.82, 2.24) is 24.3 Å². The molecule has 2 amide bonds. The van der Waals surface area contributed by atoms with Crippen molar-refractivity contribution in [3.63, 3.8) is 0 Å². The maximum atomic E-state index is 14.6. The Morgan fingerprint density at radius 2 is 1.64 bits per heavy atom. The Morgan fingerprint density at radius 1 is 0.921 bits per heavy atom. The number of nitrogen functional groups attached to an aromatic ring is 1. The van der Waals surface area contributed by atoms with Crippen LogP contribution in [-0.4, -0.2) is 127 Å². The van der Waals surface area contributed by atoms with Crippen LogP contribution >= 0.6 is 23.5 Å². The molecule has 6 aliphatic heterocycles. The van der Waals surface area contributed by atoms with Gasteiger partial charge in [0.2, 0.25) is 11.3 Å². The van der Waals surface area contributed by atoms with E-state index in [-0.39, 0.29) is 42.7 Å². The second-order valence-electron chi connectivity index (χ2n) is 19.5. The first kappa shape index (κ1) is 53.8. The highest BCUT2D eigenvalue weighted by molar-refractivity contribution is 7.66. The van der Waals surface area contributed by atoms with E-state index in [0.29, 0.717) is 12.0 Å². The van der Waals surface area contributed by atoms with Crippen molar-refractivity contribution in [3.8, 4) is 23.3 Å². The molecule has 7 heterocycles. The minimum atomic E-state index is -5.84. The van der Waals surface area contributed by atoms with E-state index in [2.05, 4.69) is 56.9 Å². The summed E-state index contributed by atoms with van der Waals surface area (Å²) in [5, 5.41) is 26.3. The van der Waals surface area contributed by atoms with E-state index >= 15 is 0 Å². The molecule has 6 atom stereocenters. The normalized spacial score (nSPS) is 21.9. The molecule has 1 aromatic heterocycles. The third kappa shape index (κ3) is 11.0. The number of rotatable bonds is 15. The molecule has 4 aromatic rings. The van der Waals surface area contributed by atoms with E-state index in [1.54, 1.807) is 11.9 Å². The fourth-order valence-electron chi connectivity index (χ4n) is 11.2. The van der Waals surface area contributed by atoms with Crippen molar-refractivity contribution >= 4 is 52.4 Å². The maximum absolute atomic E-state index is 14.6. The van der Waals surface area contributed by atoms with Crippen LogP contribution in [0.3, 0.4) is 0 Å². The number of carbonyl (C=O) groups is 2. The van der Waals surface area contributed by atoms with Crippen LogP contribution in [-0.2, 0) is 62.1 Å². The summed E-state index contributed by atoms with van der Waals surface area (Å²) in [6.07, 6.45) is 2.32. The minimum Gasteiger partial charge on any atom is -0.455 e. The Kier molecular flexibility index (Phi) is 15.1. The Bertz CT molecular complexity index is 3460. The molecule has 24 nitrogen and oxygen atoms in total. The highest BCUT2D eigenvalue weighted by Crippen LogP contribution is 2.66. The lowest BCUT2D eigenvalue weighted by Gasteiger charge is -2.39. The van der Waals surface area contributed by atoms with Gasteiger partial charge < -0.3 is 60.1 Å². The number of phosphoric ester groups is 1. The largest absolute Gasteiger partial charge is 0.490 e. The molecule has 27 heteroatoms. The fraction of sp³-hybridized carbons (Fsp3) is 0.449. The van der Waals surface area contributed by atoms with Gasteiger partial charge in [0.15, 0.2) is 6.23 Å². The van der Waals surface area contributed by atoms with Gasteiger partial charge in [-0.15, -0.1) is 0 Å². The van der Waals surface area contributed by atoms with Crippen LogP contribution in [0.25, 0.3) is 5.57 Å². The number of hydrogen-bond acceptors (Lipinski definition) is 16. The van der Waals surface area contributed by atoms with Crippen molar-refractivity contribution in [3.05, 3.63) is 108 Å². The summed E-state index contributed by atoms with van der Waals surface area (Å²) in [6, 6.07) is 12.4. The van der Waals surface area contributed by atoms with E-state index < -0.39 is 60.3 Å². The molecule has 0 aliphatic carbocycles. The molecule has 76 heavy (non-hydrogen) atoms. The Morgan fingerprint density at radius 3 is 2.42 bits per heavy atom. The number of anilines is 2. The third-order valence-electron chi connectivity index (χ3n) is 14.4. The second-order valence-corrected chi connectivity index (χ2v) is 23.9. The number of phosphoric acid groups is 3. The maximum Gasteiger partial charge on any atom is 0.490 e. The van der Waals surface area contributed by atoms with Crippen LogP contribution in [0.2, 0.25) is 0 Å². The van der Waals surface area contributed by atoms with Gasteiger partial charge in [-0.3, -0.25) is 18.7 Å². The average Bonchev–Trinajstić information content (AvgIpc) is 3.73. The number of nitrogens with zero attached hydrogens (tertiary/aromatic N) is 5. The summed E-state index contributed by atoms with van der Waals surface area (Å²) >= 11 is 0. The zero-order valence-electron chi connectivity index (χ0n) is 41.2. The molecule has 0 spiro atoms. The average molecular weight is 1110 g/mol. The summed E-state index contributed by atoms with van der Waals surface area (Å²) in [5.74, 6) is 6.34. The predicted molar refractivity (Wildman–Crippen MR) is 271 cm³/mol. The van der Waals surface area contributed by atoms with Crippen LogP contribution < -0.4 is 41.5 Å². The van der Waals surface area contributed by atoms with Crippen LogP contribution in [0, 0.1) is 11.8 Å². The summed E-state index contributed by atoms with van der Waals surface area (Å²) in [7, 11) is -15.4. The highest BCUT2D eigenvalue weighted by Gasteiger charge is 2.47. The van der Waals surface area contributed by atoms with E-state index in [9.17, 15) is 48.1 Å². The molecule has 404 valence electrons. The van der Waals surface area contributed by atoms with Crippen molar-refractivity contribution < 1.29 is 75.7 Å². The molecule has 0 radical (unpaired) electrons. The zero-order chi connectivity index (χ0) is 53.8.